The minimum atomic E-state index is 0.731. The predicted molar refractivity (Wildman–Crippen MR) is 96.7 cm³/mol. The zero-order chi connectivity index (χ0) is 16.5. The highest BCUT2D eigenvalue weighted by molar-refractivity contribution is 5.61. The summed E-state index contributed by atoms with van der Waals surface area (Å²) in [7, 11) is 0. The number of nitrogens with two attached hydrogens (primary N) is 1. The molecule has 0 aliphatic heterocycles. The second-order valence-electron chi connectivity index (χ2n) is 5.15. The predicted octanol–water partition coefficient (Wildman–Crippen LogP) is 4.36. The first-order valence-corrected chi connectivity index (χ1v) is 7.62. The van der Waals surface area contributed by atoms with E-state index >= 15 is 0 Å². The second kappa shape index (κ2) is 8.54. The molecule has 23 heavy (non-hydrogen) atoms. The molecule has 3 aromatic rings. The highest BCUT2D eigenvalue weighted by Crippen LogP contribution is 2.17. The van der Waals surface area contributed by atoms with Crippen molar-refractivity contribution >= 4 is 17.2 Å². The minimum Gasteiger partial charge on any atom is -0.399 e. The number of nitrogen functional groups attached to an aromatic ring is 1. The van der Waals surface area contributed by atoms with Gasteiger partial charge in [0.15, 0.2) is 0 Å². The Labute approximate surface area is 137 Å². The fraction of sp³-hybridized carbons (Fsp3) is 0.158. The maximum absolute atomic E-state index is 5.70. The molecule has 118 valence electrons. The first-order chi connectivity index (χ1) is 11.2. The average Bonchev–Trinajstić information content (AvgIpc) is 2.56. The third kappa shape index (κ3) is 5.79. The van der Waals surface area contributed by atoms with Gasteiger partial charge in [-0.3, -0.25) is 0 Å². The van der Waals surface area contributed by atoms with Crippen LogP contribution in [-0.2, 0) is 6.42 Å². The molecule has 0 saturated heterocycles. The van der Waals surface area contributed by atoms with Gasteiger partial charge in [0.1, 0.15) is 12.1 Å². The van der Waals surface area contributed by atoms with Crippen LogP contribution in [0.4, 0.5) is 17.2 Å². The van der Waals surface area contributed by atoms with E-state index in [1.165, 1.54) is 5.56 Å². The molecule has 2 aromatic carbocycles. The van der Waals surface area contributed by atoms with E-state index in [1.807, 2.05) is 48.5 Å². The Morgan fingerprint density at radius 3 is 2.35 bits per heavy atom. The number of hydrogen-bond acceptors (Lipinski definition) is 4. The molecule has 0 fully saturated rings. The van der Waals surface area contributed by atoms with Crippen molar-refractivity contribution in [3.63, 3.8) is 0 Å². The standard InChI is InChI=1S/C12H14N4.C7H8/c1-2-10-7-12(15-8-14-10)16-11-5-3-4-9(13)6-11;1-7-5-3-2-4-6-7/h3-8H,2,13H2,1H3,(H,14,15,16);2-6H,1H3. The topological polar surface area (TPSA) is 63.8 Å². The van der Waals surface area contributed by atoms with Gasteiger partial charge >= 0.3 is 0 Å². The Morgan fingerprint density at radius 1 is 0.957 bits per heavy atom. The van der Waals surface area contributed by atoms with Crippen molar-refractivity contribution in [1.29, 1.82) is 0 Å². The molecule has 3 N–H and O–H groups in total. The van der Waals surface area contributed by atoms with Crippen LogP contribution in [0.3, 0.4) is 0 Å². The summed E-state index contributed by atoms with van der Waals surface area (Å²) in [6, 6.07) is 19.8. The van der Waals surface area contributed by atoms with Crippen LogP contribution in [0.25, 0.3) is 0 Å². The fourth-order valence-electron chi connectivity index (χ4n) is 1.96. The third-order valence-electron chi connectivity index (χ3n) is 3.19. The van der Waals surface area contributed by atoms with Gasteiger partial charge in [0.05, 0.1) is 0 Å². The minimum absolute atomic E-state index is 0.731. The van der Waals surface area contributed by atoms with Crippen LogP contribution >= 0.6 is 0 Å². The lowest BCUT2D eigenvalue weighted by atomic mass is 10.2. The van der Waals surface area contributed by atoms with Crippen LogP contribution in [0.5, 0.6) is 0 Å². The number of anilines is 3. The Morgan fingerprint density at radius 2 is 1.74 bits per heavy atom. The van der Waals surface area contributed by atoms with E-state index in [0.717, 1.165) is 29.3 Å². The monoisotopic (exact) mass is 306 g/mol. The van der Waals surface area contributed by atoms with Crippen molar-refractivity contribution in [1.82, 2.24) is 9.97 Å². The molecule has 4 heteroatoms. The van der Waals surface area contributed by atoms with Crippen LogP contribution in [0.2, 0.25) is 0 Å². The Bertz CT molecular complexity index is 726. The van der Waals surface area contributed by atoms with E-state index < -0.39 is 0 Å². The van der Waals surface area contributed by atoms with E-state index in [-0.39, 0.29) is 0 Å². The van der Waals surface area contributed by atoms with Crippen molar-refractivity contribution in [2.45, 2.75) is 20.3 Å². The van der Waals surface area contributed by atoms with Gasteiger partial charge in [-0.25, -0.2) is 9.97 Å². The molecule has 0 aliphatic rings. The number of aryl methyl sites for hydroxylation is 2. The van der Waals surface area contributed by atoms with E-state index in [0.29, 0.717) is 0 Å². The first-order valence-electron chi connectivity index (χ1n) is 7.62. The smallest absolute Gasteiger partial charge is 0.133 e. The molecular formula is C19H22N4. The van der Waals surface area contributed by atoms with E-state index in [9.17, 15) is 0 Å². The van der Waals surface area contributed by atoms with Crippen molar-refractivity contribution in [2.24, 2.45) is 0 Å². The lowest BCUT2D eigenvalue weighted by molar-refractivity contribution is 1.00. The molecule has 3 rings (SSSR count). The third-order valence-corrected chi connectivity index (χ3v) is 3.19. The highest BCUT2D eigenvalue weighted by Gasteiger charge is 1.98. The van der Waals surface area contributed by atoms with Crippen molar-refractivity contribution < 1.29 is 0 Å². The molecule has 0 spiro atoms. The number of hydrogen-bond donors (Lipinski definition) is 2. The molecule has 0 bridgehead atoms. The first kappa shape index (κ1) is 16.5. The molecule has 0 atom stereocenters. The summed E-state index contributed by atoms with van der Waals surface area (Å²) in [5.41, 5.74) is 9.70. The SMILES string of the molecule is CCc1cc(Nc2cccc(N)c2)ncn1.Cc1ccccc1. The quantitative estimate of drug-likeness (QED) is 0.706. The van der Waals surface area contributed by atoms with Crippen molar-refractivity contribution in [3.05, 3.63) is 78.2 Å². The van der Waals surface area contributed by atoms with Crippen LogP contribution in [-0.4, -0.2) is 9.97 Å². The second-order valence-corrected chi connectivity index (χ2v) is 5.15. The summed E-state index contributed by atoms with van der Waals surface area (Å²) in [6.45, 7) is 4.15. The molecule has 0 aliphatic carbocycles. The van der Waals surface area contributed by atoms with Crippen LogP contribution in [0.1, 0.15) is 18.2 Å². The average molecular weight is 306 g/mol. The summed E-state index contributed by atoms with van der Waals surface area (Å²) >= 11 is 0. The number of benzene rings is 2. The maximum atomic E-state index is 5.70. The molecule has 4 nitrogen and oxygen atoms in total. The zero-order valence-electron chi connectivity index (χ0n) is 13.5. The summed E-state index contributed by atoms with van der Waals surface area (Å²) in [5, 5.41) is 3.19. The largest absolute Gasteiger partial charge is 0.399 e. The number of nitrogens with one attached hydrogen (secondary N) is 1. The molecule has 1 heterocycles. The molecule has 0 saturated carbocycles. The van der Waals surface area contributed by atoms with Gasteiger partial charge in [0.2, 0.25) is 0 Å². The molecule has 0 unspecified atom stereocenters. The summed E-state index contributed by atoms with van der Waals surface area (Å²) < 4.78 is 0. The Balaban J connectivity index is 0.000000229. The number of aromatic nitrogens is 2. The van der Waals surface area contributed by atoms with Crippen LogP contribution in [0.15, 0.2) is 67.0 Å². The van der Waals surface area contributed by atoms with E-state index in [2.05, 4.69) is 41.3 Å². The van der Waals surface area contributed by atoms with Gasteiger partial charge in [-0.15, -0.1) is 0 Å². The highest BCUT2D eigenvalue weighted by atomic mass is 15.0. The van der Waals surface area contributed by atoms with Gasteiger partial charge < -0.3 is 11.1 Å². The van der Waals surface area contributed by atoms with Gasteiger partial charge in [-0.1, -0.05) is 48.9 Å². The van der Waals surface area contributed by atoms with Crippen LogP contribution in [0, 0.1) is 6.92 Å². The van der Waals surface area contributed by atoms with Gasteiger partial charge in [0, 0.05) is 23.1 Å². The molecule has 0 amide bonds. The van der Waals surface area contributed by atoms with Crippen molar-refractivity contribution in [2.75, 3.05) is 11.1 Å². The maximum Gasteiger partial charge on any atom is 0.133 e. The van der Waals surface area contributed by atoms with Gasteiger partial charge in [-0.05, 0) is 31.5 Å². The lowest BCUT2D eigenvalue weighted by Gasteiger charge is -2.06. The normalized spacial score (nSPS) is 9.65. The molecular weight excluding hydrogens is 284 g/mol. The van der Waals surface area contributed by atoms with Gasteiger partial charge in [-0.2, -0.15) is 0 Å². The molecule has 1 aromatic heterocycles. The number of rotatable bonds is 3. The Kier molecular flexibility index (Phi) is 6.12. The zero-order valence-corrected chi connectivity index (χ0v) is 13.5. The van der Waals surface area contributed by atoms with E-state index in [1.54, 1.807) is 6.33 Å². The summed E-state index contributed by atoms with van der Waals surface area (Å²) in [6.07, 6.45) is 2.46. The number of nitrogens with zero attached hydrogens (tertiary/aromatic N) is 2. The van der Waals surface area contributed by atoms with Crippen LogP contribution < -0.4 is 11.1 Å². The summed E-state index contributed by atoms with van der Waals surface area (Å²) in [5.74, 6) is 0.789. The molecule has 0 radical (unpaired) electrons. The fourth-order valence-corrected chi connectivity index (χ4v) is 1.96. The van der Waals surface area contributed by atoms with Crippen molar-refractivity contribution in [3.8, 4) is 0 Å². The Hall–Kier alpha value is -2.88. The van der Waals surface area contributed by atoms with Gasteiger partial charge in [0.25, 0.3) is 0 Å². The lowest BCUT2D eigenvalue weighted by Crippen LogP contribution is -1.97. The summed E-state index contributed by atoms with van der Waals surface area (Å²) in [4.78, 5) is 8.29. The van der Waals surface area contributed by atoms with E-state index in [4.69, 9.17) is 5.73 Å².